The Kier molecular flexibility index (Phi) is 9.79. The van der Waals surface area contributed by atoms with E-state index in [1.54, 1.807) is 0 Å². The lowest BCUT2D eigenvalue weighted by Crippen LogP contribution is -2.58. The highest BCUT2D eigenvalue weighted by Crippen LogP contribution is 2.47. The minimum Gasteiger partial charge on any atom is -0.462 e. The maximum atomic E-state index is 12.8. The first-order valence-corrected chi connectivity index (χ1v) is 9.29. The van der Waals surface area contributed by atoms with Gasteiger partial charge >= 0.3 is 30.7 Å². The van der Waals surface area contributed by atoms with E-state index in [0.717, 1.165) is 6.92 Å². The van der Waals surface area contributed by atoms with Crippen molar-refractivity contribution in [2.24, 2.45) is 5.41 Å². The van der Waals surface area contributed by atoms with Crippen LogP contribution in [-0.4, -0.2) is 71.4 Å². The number of rotatable bonds is 10. The van der Waals surface area contributed by atoms with Gasteiger partial charge in [0.05, 0.1) is 18.6 Å². The summed E-state index contributed by atoms with van der Waals surface area (Å²) >= 11 is 0. The van der Waals surface area contributed by atoms with E-state index in [-0.39, 0.29) is 6.42 Å². The van der Waals surface area contributed by atoms with Crippen LogP contribution in [0.2, 0.25) is 0 Å². The lowest BCUT2D eigenvalue weighted by atomic mass is 9.88. The molecular weight excluding hydrogens is 512 g/mol. The predicted octanol–water partition coefficient (Wildman–Crippen LogP) is 4.84. The Hall–Kier alpha value is -1.49. The minimum atomic E-state index is -6.18. The van der Waals surface area contributed by atoms with Crippen LogP contribution in [0.5, 0.6) is 0 Å². The third-order valence-corrected chi connectivity index (χ3v) is 5.07. The Morgan fingerprint density at radius 3 is 1.50 bits per heavy atom. The van der Waals surface area contributed by atoms with Gasteiger partial charge in [0.15, 0.2) is 0 Å². The zero-order chi connectivity index (χ0) is 27.6. The lowest BCUT2D eigenvalue weighted by molar-refractivity contribution is -0.373. The maximum absolute atomic E-state index is 12.8. The van der Waals surface area contributed by atoms with E-state index in [4.69, 9.17) is 10.2 Å². The van der Waals surface area contributed by atoms with Crippen molar-refractivity contribution in [1.82, 2.24) is 0 Å². The third kappa shape index (κ3) is 7.02. The molecule has 0 aromatic heterocycles. The van der Waals surface area contributed by atoms with Gasteiger partial charge in [0.1, 0.15) is 6.10 Å². The molecule has 2 atom stereocenters. The fourth-order valence-corrected chi connectivity index (χ4v) is 2.44. The molecule has 0 bridgehead atoms. The van der Waals surface area contributed by atoms with Gasteiger partial charge in [0.2, 0.25) is 0 Å². The van der Waals surface area contributed by atoms with Crippen LogP contribution < -0.4 is 0 Å². The second-order valence-electron chi connectivity index (χ2n) is 7.85. The van der Waals surface area contributed by atoms with E-state index in [2.05, 4.69) is 9.47 Å². The summed E-state index contributed by atoms with van der Waals surface area (Å²) in [6.07, 6.45) is -31.3. The van der Waals surface area contributed by atoms with Crippen LogP contribution in [0.4, 0.5) is 52.7 Å². The summed E-state index contributed by atoms with van der Waals surface area (Å²) in [4.78, 5) is 12.2. The molecule has 34 heavy (non-hydrogen) atoms. The van der Waals surface area contributed by atoms with Crippen molar-refractivity contribution in [2.45, 2.75) is 82.0 Å². The summed E-state index contributed by atoms with van der Waals surface area (Å²) in [6.45, 7) is 0.476. The number of esters is 1. The quantitative estimate of drug-likeness (QED) is 0.238. The second-order valence-corrected chi connectivity index (χ2v) is 7.85. The van der Waals surface area contributed by atoms with Gasteiger partial charge in [0, 0.05) is 12.8 Å². The van der Waals surface area contributed by atoms with E-state index >= 15 is 0 Å². The smallest absolute Gasteiger partial charge is 0.426 e. The van der Waals surface area contributed by atoms with Crippen LogP contribution in [0, 0.1) is 5.41 Å². The number of hydrogen-bond acceptors (Lipinski definition) is 5. The topological polar surface area (TPSA) is 76.0 Å². The molecule has 17 heteroatoms. The molecule has 204 valence electrons. The van der Waals surface area contributed by atoms with Crippen LogP contribution in [0.3, 0.4) is 0 Å². The molecule has 0 aliphatic carbocycles. The fourth-order valence-electron chi connectivity index (χ4n) is 2.44. The van der Waals surface area contributed by atoms with Crippen molar-refractivity contribution in [2.75, 3.05) is 13.2 Å². The number of ether oxygens (including phenoxy) is 2. The van der Waals surface area contributed by atoms with Crippen molar-refractivity contribution in [3.63, 3.8) is 0 Å². The zero-order valence-corrected chi connectivity index (χ0v) is 17.8. The van der Waals surface area contributed by atoms with Crippen LogP contribution in [0.25, 0.3) is 0 Å². The lowest BCUT2D eigenvalue weighted by Gasteiger charge is -2.35. The van der Waals surface area contributed by atoms with Gasteiger partial charge in [-0.3, -0.25) is 4.79 Å². The molecule has 0 aliphatic rings. The van der Waals surface area contributed by atoms with E-state index in [9.17, 15) is 57.5 Å². The second kappa shape index (κ2) is 10.2. The maximum Gasteiger partial charge on any atom is 0.426 e. The van der Waals surface area contributed by atoms with Crippen LogP contribution in [0.15, 0.2) is 0 Å². The average Bonchev–Trinajstić information content (AvgIpc) is 2.60. The Bertz CT molecular complexity index is 654. The number of alkyl halides is 12. The number of carbonyl (C=O) groups excluding carboxylic acids is 1. The summed E-state index contributed by atoms with van der Waals surface area (Å²) in [5.74, 6) is -1.49. The van der Waals surface area contributed by atoms with Crippen LogP contribution in [-0.2, 0) is 14.3 Å². The molecule has 0 fully saturated rings. The molecule has 0 aromatic rings. The van der Waals surface area contributed by atoms with Gasteiger partial charge in [-0.05, 0) is 20.3 Å². The molecule has 0 radical (unpaired) electrons. The van der Waals surface area contributed by atoms with Crippen LogP contribution in [0.1, 0.15) is 40.0 Å². The summed E-state index contributed by atoms with van der Waals surface area (Å²) in [5.41, 5.74) is -12.3. The minimum absolute atomic E-state index is 0.315. The number of hydrogen-bond donors (Lipinski definition) is 2. The molecule has 0 aromatic carbocycles. The molecule has 2 N–H and O–H groups in total. The Balaban J connectivity index is 5.29. The van der Waals surface area contributed by atoms with E-state index < -0.39 is 79.5 Å². The van der Waals surface area contributed by atoms with Gasteiger partial charge in [-0.1, -0.05) is 6.92 Å². The van der Waals surface area contributed by atoms with E-state index in [1.165, 1.54) is 6.92 Å². The molecule has 5 nitrogen and oxygen atoms in total. The molecule has 2 unspecified atom stereocenters. The summed E-state index contributed by atoms with van der Waals surface area (Å²) in [7, 11) is 0. The van der Waals surface area contributed by atoms with Crippen molar-refractivity contribution < 1.29 is 77.2 Å². The molecular formula is C17H22F12O5. The first-order valence-electron chi connectivity index (χ1n) is 9.29. The normalized spacial score (nSPS) is 17.3. The molecule has 0 amide bonds. The van der Waals surface area contributed by atoms with Crippen molar-refractivity contribution in [3.8, 4) is 0 Å². The monoisotopic (exact) mass is 534 g/mol. The van der Waals surface area contributed by atoms with Gasteiger partial charge in [0.25, 0.3) is 11.2 Å². The third-order valence-electron chi connectivity index (χ3n) is 5.07. The molecule has 0 spiro atoms. The molecule has 0 saturated carbocycles. The molecule has 0 heterocycles. The predicted molar refractivity (Wildman–Crippen MR) is 88.1 cm³/mol. The van der Waals surface area contributed by atoms with E-state index in [1.807, 2.05) is 0 Å². The highest BCUT2D eigenvalue weighted by Gasteiger charge is 2.71. The zero-order valence-electron chi connectivity index (χ0n) is 17.8. The van der Waals surface area contributed by atoms with Crippen molar-refractivity contribution >= 4 is 5.97 Å². The molecule has 0 saturated heterocycles. The Labute approximate surface area is 185 Å². The van der Waals surface area contributed by atoms with E-state index in [0.29, 0.717) is 6.92 Å². The summed E-state index contributed by atoms with van der Waals surface area (Å²) in [5, 5.41) is 18.1. The number of aliphatic hydroxyl groups is 2. The van der Waals surface area contributed by atoms with Gasteiger partial charge < -0.3 is 19.7 Å². The largest absolute Gasteiger partial charge is 0.462 e. The average molecular weight is 534 g/mol. The SMILES string of the molecule is CCC(C)(COCCC(O)(C(F)(F)F)C(F)(F)F)C(=O)OC(C)CC(O)(C(F)(F)F)C(F)(F)F. The Morgan fingerprint density at radius 1 is 0.794 bits per heavy atom. The standard InChI is InChI=1S/C17H22F12O5/c1-4-11(3,8-33-6-5-12(31,14(18,19)20)15(21,22)23)10(30)34-9(2)7-13(32,16(24,25)26)17(27,28)29/h9,31-32H,4-8H2,1-3H3. The Morgan fingerprint density at radius 2 is 1.18 bits per heavy atom. The van der Waals surface area contributed by atoms with Gasteiger partial charge in [-0.2, -0.15) is 52.7 Å². The first-order chi connectivity index (χ1) is 14.8. The summed E-state index contributed by atoms with van der Waals surface area (Å²) < 4.78 is 161. The van der Waals surface area contributed by atoms with Crippen LogP contribution >= 0.6 is 0 Å². The highest BCUT2D eigenvalue weighted by atomic mass is 19.4. The summed E-state index contributed by atoms with van der Waals surface area (Å²) in [6, 6.07) is 0. The molecule has 0 rings (SSSR count). The van der Waals surface area contributed by atoms with Gasteiger partial charge in [-0.25, -0.2) is 0 Å². The number of carbonyl (C=O) groups is 1. The molecule has 0 aliphatic heterocycles. The van der Waals surface area contributed by atoms with Gasteiger partial charge in [-0.15, -0.1) is 0 Å². The fraction of sp³-hybridized carbons (Fsp3) is 0.941. The van der Waals surface area contributed by atoms with Crippen molar-refractivity contribution in [1.29, 1.82) is 0 Å². The first kappa shape index (κ1) is 32.5. The van der Waals surface area contributed by atoms with Crippen molar-refractivity contribution in [3.05, 3.63) is 0 Å². The highest BCUT2D eigenvalue weighted by molar-refractivity contribution is 5.76. The number of halogens is 12.